The number of cyclic esters (lactones) is 1. The number of hydrogen-bond donors (Lipinski definition) is 1. The van der Waals surface area contributed by atoms with Crippen LogP contribution in [0.2, 0.25) is 0 Å². The first kappa shape index (κ1) is 13.1. The van der Waals surface area contributed by atoms with Gasteiger partial charge < -0.3 is 19.5 Å². The standard InChI is InChI=1S/C14H18N2O4/c1-2-15-8-11-9-16(14(17)20-11)10-3-4-12-13(7-10)19-6-5-18-12/h3-4,7,11,15H,2,5-6,8-9H2,1H3. The van der Waals surface area contributed by atoms with Crippen LogP contribution in [0.1, 0.15) is 6.92 Å². The normalized spacial score (nSPS) is 20.9. The predicted octanol–water partition coefficient (Wildman–Crippen LogP) is 1.39. The van der Waals surface area contributed by atoms with Gasteiger partial charge in [-0.1, -0.05) is 6.92 Å². The van der Waals surface area contributed by atoms with Crippen LogP contribution in [-0.2, 0) is 4.74 Å². The molecule has 1 N–H and O–H groups in total. The average molecular weight is 278 g/mol. The number of fused-ring (bicyclic) bond motifs is 1. The number of benzene rings is 1. The molecule has 1 aromatic carbocycles. The Hall–Kier alpha value is -1.95. The first-order valence-corrected chi connectivity index (χ1v) is 6.86. The molecular formula is C14H18N2O4. The Morgan fingerprint density at radius 3 is 2.90 bits per heavy atom. The molecule has 6 nitrogen and oxygen atoms in total. The lowest BCUT2D eigenvalue weighted by Gasteiger charge is -2.21. The first-order chi connectivity index (χ1) is 9.78. The van der Waals surface area contributed by atoms with Gasteiger partial charge in [-0.25, -0.2) is 4.79 Å². The second kappa shape index (κ2) is 5.58. The Kier molecular flexibility index (Phi) is 3.64. The average Bonchev–Trinajstić information content (AvgIpc) is 2.85. The van der Waals surface area contributed by atoms with Gasteiger partial charge in [-0.15, -0.1) is 0 Å². The maximum atomic E-state index is 11.9. The smallest absolute Gasteiger partial charge is 0.414 e. The van der Waals surface area contributed by atoms with Gasteiger partial charge in [-0.2, -0.15) is 0 Å². The van der Waals surface area contributed by atoms with Gasteiger partial charge in [0.15, 0.2) is 11.5 Å². The predicted molar refractivity (Wildman–Crippen MR) is 73.6 cm³/mol. The number of carbonyl (C=O) groups is 1. The van der Waals surface area contributed by atoms with Crippen LogP contribution < -0.4 is 19.7 Å². The zero-order chi connectivity index (χ0) is 13.9. The molecule has 1 atom stereocenters. The van der Waals surface area contributed by atoms with Crippen molar-refractivity contribution in [1.82, 2.24) is 5.32 Å². The summed E-state index contributed by atoms with van der Waals surface area (Å²) in [6.45, 7) is 5.19. The number of carbonyl (C=O) groups excluding carboxylic acids is 1. The Labute approximate surface area is 117 Å². The third-order valence-corrected chi connectivity index (χ3v) is 3.33. The second-order valence-electron chi connectivity index (χ2n) is 4.75. The Balaban J connectivity index is 1.74. The number of rotatable bonds is 4. The summed E-state index contributed by atoms with van der Waals surface area (Å²) < 4.78 is 16.3. The molecule has 1 fully saturated rings. The van der Waals surface area contributed by atoms with Crippen molar-refractivity contribution in [3.63, 3.8) is 0 Å². The third kappa shape index (κ3) is 2.51. The molecule has 1 amide bonds. The lowest BCUT2D eigenvalue weighted by molar-refractivity contribution is 0.140. The van der Waals surface area contributed by atoms with E-state index < -0.39 is 0 Å². The van der Waals surface area contributed by atoms with Gasteiger partial charge in [0.05, 0.1) is 12.2 Å². The Bertz CT molecular complexity index is 506. The van der Waals surface area contributed by atoms with Crippen LogP contribution in [0.5, 0.6) is 11.5 Å². The minimum atomic E-state index is -0.315. The number of likely N-dealkylation sites (N-methyl/N-ethyl adjacent to an activating group) is 1. The van der Waals surface area contributed by atoms with E-state index >= 15 is 0 Å². The fraction of sp³-hybridized carbons (Fsp3) is 0.500. The van der Waals surface area contributed by atoms with Crippen LogP contribution in [0.25, 0.3) is 0 Å². The van der Waals surface area contributed by atoms with Gasteiger partial charge in [0.1, 0.15) is 19.3 Å². The second-order valence-corrected chi connectivity index (χ2v) is 4.75. The molecule has 0 spiro atoms. The highest BCUT2D eigenvalue weighted by molar-refractivity contribution is 5.90. The molecule has 3 rings (SSSR count). The van der Waals surface area contributed by atoms with Crippen molar-refractivity contribution in [3.8, 4) is 11.5 Å². The number of hydrogen-bond acceptors (Lipinski definition) is 5. The molecular weight excluding hydrogens is 260 g/mol. The van der Waals surface area contributed by atoms with E-state index in [4.69, 9.17) is 14.2 Å². The highest BCUT2D eigenvalue weighted by atomic mass is 16.6. The minimum absolute atomic E-state index is 0.115. The van der Waals surface area contributed by atoms with E-state index in [-0.39, 0.29) is 12.2 Å². The minimum Gasteiger partial charge on any atom is -0.486 e. The monoisotopic (exact) mass is 278 g/mol. The molecule has 0 aliphatic carbocycles. The topological polar surface area (TPSA) is 60.0 Å². The zero-order valence-corrected chi connectivity index (χ0v) is 11.4. The summed E-state index contributed by atoms with van der Waals surface area (Å²) in [5.41, 5.74) is 0.776. The first-order valence-electron chi connectivity index (χ1n) is 6.86. The van der Waals surface area contributed by atoms with Crippen molar-refractivity contribution in [1.29, 1.82) is 0 Å². The van der Waals surface area contributed by atoms with Crippen LogP contribution in [0.15, 0.2) is 18.2 Å². The van der Waals surface area contributed by atoms with Crippen molar-refractivity contribution < 1.29 is 19.0 Å². The van der Waals surface area contributed by atoms with Crippen LogP contribution in [0.3, 0.4) is 0 Å². The molecule has 108 valence electrons. The van der Waals surface area contributed by atoms with Crippen molar-refractivity contribution >= 4 is 11.8 Å². The molecule has 1 aromatic rings. The lowest BCUT2D eigenvalue weighted by Crippen LogP contribution is -2.30. The summed E-state index contributed by atoms with van der Waals surface area (Å²) in [6.07, 6.45) is -0.430. The molecule has 2 heterocycles. The molecule has 2 aliphatic rings. The summed E-state index contributed by atoms with van der Waals surface area (Å²) in [5, 5.41) is 3.18. The van der Waals surface area contributed by atoms with Gasteiger partial charge in [-0.3, -0.25) is 4.90 Å². The van der Waals surface area contributed by atoms with E-state index in [2.05, 4.69) is 5.32 Å². The van der Waals surface area contributed by atoms with Crippen LogP contribution in [-0.4, -0.2) is 45.0 Å². The van der Waals surface area contributed by atoms with Crippen molar-refractivity contribution in [2.24, 2.45) is 0 Å². The van der Waals surface area contributed by atoms with E-state index in [0.717, 1.165) is 18.0 Å². The maximum absolute atomic E-state index is 11.9. The van der Waals surface area contributed by atoms with E-state index in [1.807, 2.05) is 25.1 Å². The van der Waals surface area contributed by atoms with Crippen LogP contribution >= 0.6 is 0 Å². The maximum Gasteiger partial charge on any atom is 0.414 e. The van der Waals surface area contributed by atoms with Crippen molar-refractivity contribution in [3.05, 3.63) is 18.2 Å². The van der Waals surface area contributed by atoms with Gasteiger partial charge >= 0.3 is 6.09 Å². The molecule has 0 saturated carbocycles. The van der Waals surface area contributed by atoms with Crippen LogP contribution in [0.4, 0.5) is 10.5 Å². The van der Waals surface area contributed by atoms with Crippen molar-refractivity contribution in [2.45, 2.75) is 13.0 Å². The van der Waals surface area contributed by atoms with E-state index in [1.54, 1.807) is 4.90 Å². The third-order valence-electron chi connectivity index (χ3n) is 3.33. The molecule has 1 saturated heterocycles. The summed E-state index contributed by atoms with van der Waals surface area (Å²) in [5.74, 6) is 1.40. The number of nitrogens with one attached hydrogen (secondary N) is 1. The van der Waals surface area contributed by atoms with Gasteiger partial charge in [0.2, 0.25) is 0 Å². The number of amides is 1. The lowest BCUT2D eigenvalue weighted by atomic mass is 10.2. The summed E-state index contributed by atoms with van der Waals surface area (Å²) in [7, 11) is 0. The summed E-state index contributed by atoms with van der Waals surface area (Å²) in [6, 6.07) is 5.50. The SMILES string of the molecule is CCNCC1CN(c2ccc3c(c2)OCCO3)C(=O)O1. The molecule has 2 aliphatic heterocycles. The zero-order valence-electron chi connectivity index (χ0n) is 11.4. The Morgan fingerprint density at radius 2 is 2.10 bits per heavy atom. The van der Waals surface area contributed by atoms with Gasteiger partial charge in [0.25, 0.3) is 0 Å². The number of ether oxygens (including phenoxy) is 3. The number of nitrogens with zero attached hydrogens (tertiary/aromatic N) is 1. The highest BCUT2D eigenvalue weighted by Gasteiger charge is 2.32. The largest absolute Gasteiger partial charge is 0.486 e. The summed E-state index contributed by atoms with van der Waals surface area (Å²) >= 11 is 0. The van der Waals surface area contributed by atoms with Gasteiger partial charge in [-0.05, 0) is 18.7 Å². The van der Waals surface area contributed by atoms with E-state index in [9.17, 15) is 4.79 Å². The van der Waals surface area contributed by atoms with Gasteiger partial charge in [0, 0.05) is 12.6 Å². The highest BCUT2D eigenvalue weighted by Crippen LogP contribution is 2.35. The molecule has 20 heavy (non-hydrogen) atoms. The van der Waals surface area contributed by atoms with E-state index in [0.29, 0.717) is 32.1 Å². The molecule has 0 bridgehead atoms. The fourth-order valence-electron chi connectivity index (χ4n) is 2.34. The molecule has 0 aromatic heterocycles. The molecule has 1 unspecified atom stereocenters. The molecule has 6 heteroatoms. The Morgan fingerprint density at radius 1 is 1.30 bits per heavy atom. The summed E-state index contributed by atoms with van der Waals surface area (Å²) in [4.78, 5) is 13.5. The molecule has 0 radical (unpaired) electrons. The van der Waals surface area contributed by atoms with Crippen LogP contribution in [0, 0.1) is 0 Å². The quantitative estimate of drug-likeness (QED) is 0.902. The fourth-order valence-corrected chi connectivity index (χ4v) is 2.34. The van der Waals surface area contributed by atoms with E-state index in [1.165, 1.54) is 0 Å². The number of anilines is 1. The van der Waals surface area contributed by atoms with Crippen molar-refractivity contribution in [2.75, 3.05) is 37.7 Å².